The second-order valence-corrected chi connectivity index (χ2v) is 6.63. The molecule has 0 bridgehead atoms. The first-order valence-electron chi connectivity index (χ1n) is 8.23. The Morgan fingerprint density at radius 2 is 2.00 bits per heavy atom. The molecule has 1 aromatic carbocycles. The summed E-state index contributed by atoms with van der Waals surface area (Å²) in [5.41, 5.74) is 3.04. The van der Waals surface area contributed by atoms with Crippen LogP contribution in [0.2, 0.25) is 0 Å². The summed E-state index contributed by atoms with van der Waals surface area (Å²) in [7, 11) is 1.89. The molecule has 2 aliphatic rings. The van der Waals surface area contributed by atoms with Crippen molar-refractivity contribution in [1.82, 2.24) is 15.2 Å². The summed E-state index contributed by atoms with van der Waals surface area (Å²) in [5, 5.41) is 3.59. The van der Waals surface area contributed by atoms with Crippen molar-refractivity contribution in [1.29, 1.82) is 0 Å². The molecule has 0 aliphatic carbocycles. The lowest BCUT2D eigenvalue weighted by molar-refractivity contribution is -0.131. The van der Waals surface area contributed by atoms with E-state index in [1.807, 2.05) is 42.4 Å². The Morgan fingerprint density at radius 3 is 2.74 bits per heavy atom. The fourth-order valence-corrected chi connectivity index (χ4v) is 3.84. The number of hydrogen-bond donors (Lipinski definition) is 1. The predicted octanol–water partition coefficient (Wildman–Crippen LogP) is 2.77. The molecule has 2 fully saturated rings. The van der Waals surface area contributed by atoms with E-state index in [9.17, 15) is 4.79 Å². The Labute approximate surface area is 136 Å². The molecule has 4 rings (SSSR count). The molecule has 0 saturated carbocycles. The number of nitrogens with one attached hydrogen (secondary N) is 1. The number of likely N-dealkylation sites (tertiary alicyclic amines) is 1. The maximum atomic E-state index is 12.4. The number of benzene rings is 1. The number of nitrogens with zero attached hydrogens (tertiary/aromatic N) is 2. The van der Waals surface area contributed by atoms with E-state index in [2.05, 4.69) is 28.5 Å². The van der Waals surface area contributed by atoms with E-state index in [1.165, 1.54) is 11.1 Å². The number of carbonyl (C=O) groups excluding carboxylic acids is 1. The summed E-state index contributed by atoms with van der Waals surface area (Å²) < 4.78 is 0. The molecule has 2 atom stereocenters. The van der Waals surface area contributed by atoms with Crippen molar-refractivity contribution >= 4 is 5.91 Å². The van der Waals surface area contributed by atoms with Gasteiger partial charge in [0.25, 0.3) is 0 Å². The third-order valence-electron chi connectivity index (χ3n) is 5.19. The average molecular weight is 307 g/mol. The smallest absolute Gasteiger partial charge is 0.242 e. The molecule has 1 aromatic heterocycles. The molecule has 3 heterocycles. The van der Waals surface area contributed by atoms with Gasteiger partial charge in [-0.05, 0) is 42.5 Å². The molecule has 2 aliphatic heterocycles. The first kappa shape index (κ1) is 14.4. The number of rotatable bonds is 2. The number of pyridine rings is 1. The highest BCUT2D eigenvalue weighted by Crippen LogP contribution is 2.39. The molecule has 118 valence electrons. The van der Waals surface area contributed by atoms with Gasteiger partial charge in [0.2, 0.25) is 5.91 Å². The minimum Gasteiger partial charge on any atom is -0.344 e. The van der Waals surface area contributed by atoms with Crippen LogP contribution >= 0.6 is 0 Å². The molecule has 1 amide bonds. The predicted molar refractivity (Wildman–Crippen MR) is 89.8 cm³/mol. The zero-order chi connectivity index (χ0) is 15.9. The fraction of sp³-hybridized carbons (Fsp3) is 0.368. The SMILES string of the molecule is CN1CC[C@@]2(CC[C@H](c3cc(-c4ccccc4)ccn3)N2)C1=O. The van der Waals surface area contributed by atoms with Gasteiger partial charge in [-0.2, -0.15) is 0 Å². The number of likely N-dealkylation sites (N-methyl/N-ethyl adjacent to an activating group) is 1. The van der Waals surface area contributed by atoms with E-state index in [-0.39, 0.29) is 17.5 Å². The van der Waals surface area contributed by atoms with Crippen LogP contribution in [0.5, 0.6) is 0 Å². The number of aromatic nitrogens is 1. The molecule has 0 radical (unpaired) electrons. The van der Waals surface area contributed by atoms with Crippen molar-refractivity contribution in [2.75, 3.05) is 13.6 Å². The lowest BCUT2D eigenvalue weighted by Gasteiger charge is -2.23. The summed E-state index contributed by atoms with van der Waals surface area (Å²) in [5.74, 6) is 0.235. The summed E-state index contributed by atoms with van der Waals surface area (Å²) in [6.45, 7) is 0.843. The Morgan fingerprint density at radius 1 is 1.17 bits per heavy atom. The molecule has 1 N–H and O–H groups in total. The Hall–Kier alpha value is -2.20. The minimum atomic E-state index is -0.357. The van der Waals surface area contributed by atoms with Gasteiger partial charge in [-0.25, -0.2) is 0 Å². The summed E-state index contributed by atoms with van der Waals surface area (Å²) in [6, 6.07) is 14.7. The van der Waals surface area contributed by atoms with E-state index in [0.717, 1.165) is 31.5 Å². The molecular formula is C19H21N3O. The van der Waals surface area contributed by atoms with Crippen LogP contribution in [0.25, 0.3) is 11.1 Å². The first-order chi connectivity index (χ1) is 11.2. The van der Waals surface area contributed by atoms with Crippen molar-refractivity contribution < 1.29 is 4.79 Å². The van der Waals surface area contributed by atoms with E-state index in [4.69, 9.17) is 0 Å². The maximum absolute atomic E-state index is 12.4. The standard InChI is InChI=1S/C19H21N3O/c1-22-12-10-19(18(22)23)9-7-16(21-19)17-13-15(8-11-20-17)14-5-3-2-4-6-14/h2-6,8,11,13,16,21H,7,9-10,12H2,1H3/t16-,19+/m1/s1. The van der Waals surface area contributed by atoms with E-state index in [1.54, 1.807) is 0 Å². The normalized spacial score (nSPS) is 27.1. The van der Waals surface area contributed by atoms with Gasteiger partial charge in [0.15, 0.2) is 0 Å². The maximum Gasteiger partial charge on any atom is 0.242 e. The third kappa shape index (κ3) is 2.43. The molecule has 2 aromatic rings. The van der Waals surface area contributed by atoms with Gasteiger partial charge in [-0.15, -0.1) is 0 Å². The summed E-state index contributed by atoms with van der Waals surface area (Å²) in [4.78, 5) is 18.8. The van der Waals surface area contributed by atoms with Crippen molar-refractivity contribution in [2.45, 2.75) is 30.8 Å². The van der Waals surface area contributed by atoms with Gasteiger partial charge in [-0.1, -0.05) is 30.3 Å². The van der Waals surface area contributed by atoms with Crippen molar-refractivity contribution in [3.05, 3.63) is 54.4 Å². The molecule has 1 spiro atoms. The monoisotopic (exact) mass is 307 g/mol. The van der Waals surface area contributed by atoms with Crippen LogP contribution in [-0.4, -0.2) is 34.9 Å². The number of amides is 1. The molecule has 2 saturated heterocycles. The zero-order valence-electron chi connectivity index (χ0n) is 13.3. The largest absolute Gasteiger partial charge is 0.344 e. The second-order valence-electron chi connectivity index (χ2n) is 6.63. The number of carbonyl (C=O) groups is 1. The topological polar surface area (TPSA) is 45.2 Å². The van der Waals surface area contributed by atoms with Gasteiger partial charge < -0.3 is 4.90 Å². The Balaban J connectivity index is 1.59. The van der Waals surface area contributed by atoms with Crippen LogP contribution in [0, 0.1) is 0 Å². The lowest BCUT2D eigenvalue weighted by atomic mass is 9.96. The van der Waals surface area contributed by atoms with Crippen molar-refractivity contribution in [3.8, 4) is 11.1 Å². The van der Waals surface area contributed by atoms with Crippen LogP contribution in [-0.2, 0) is 4.79 Å². The van der Waals surface area contributed by atoms with Gasteiger partial charge in [0, 0.05) is 19.8 Å². The van der Waals surface area contributed by atoms with Crippen molar-refractivity contribution in [2.24, 2.45) is 0 Å². The van der Waals surface area contributed by atoms with E-state index < -0.39 is 0 Å². The summed E-state index contributed by atoms with van der Waals surface area (Å²) >= 11 is 0. The Kier molecular flexibility index (Phi) is 3.42. The zero-order valence-corrected chi connectivity index (χ0v) is 13.3. The lowest BCUT2D eigenvalue weighted by Crippen LogP contribution is -2.47. The highest BCUT2D eigenvalue weighted by atomic mass is 16.2. The van der Waals surface area contributed by atoms with Gasteiger partial charge in [-0.3, -0.25) is 15.1 Å². The van der Waals surface area contributed by atoms with Crippen LogP contribution < -0.4 is 5.32 Å². The van der Waals surface area contributed by atoms with Gasteiger partial charge in [0.05, 0.1) is 11.7 Å². The van der Waals surface area contributed by atoms with Crippen LogP contribution in [0.15, 0.2) is 48.7 Å². The van der Waals surface area contributed by atoms with Crippen molar-refractivity contribution in [3.63, 3.8) is 0 Å². The van der Waals surface area contributed by atoms with E-state index in [0.29, 0.717) is 0 Å². The van der Waals surface area contributed by atoms with Gasteiger partial charge >= 0.3 is 0 Å². The van der Waals surface area contributed by atoms with Crippen LogP contribution in [0.1, 0.15) is 31.0 Å². The average Bonchev–Trinajstić information content (AvgIpc) is 3.16. The first-order valence-corrected chi connectivity index (χ1v) is 8.23. The summed E-state index contributed by atoms with van der Waals surface area (Å²) in [6.07, 6.45) is 4.63. The highest BCUT2D eigenvalue weighted by Gasteiger charge is 2.50. The molecular weight excluding hydrogens is 286 g/mol. The fourth-order valence-electron chi connectivity index (χ4n) is 3.84. The Bertz CT molecular complexity index is 730. The molecule has 4 heteroatoms. The highest BCUT2D eigenvalue weighted by molar-refractivity contribution is 5.88. The molecule has 0 unspecified atom stereocenters. The van der Waals surface area contributed by atoms with Gasteiger partial charge in [0.1, 0.15) is 5.54 Å². The van der Waals surface area contributed by atoms with E-state index >= 15 is 0 Å². The second kappa shape index (κ2) is 5.46. The molecule has 23 heavy (non-hydrogen) atoms. The minimum absolute atomic E-state index is 0.161. The molecule has 4 nitrogen and oxygen atoms in total. The third-order valence-corrected chi connectivity index (χ3v) is 5.19. The quantitative estimate of drug-likeness (QED) is 0.928. The van der Waals surface area contributed by atoms with Crippen LogP contribution in [0.4, 0.5) is 0 Å². The number of hydrogen-bond acceptors (Lipinski definition) is 3. The van der Waals surface area contributed by atoms with Crippen LogP contribution in [0.3, 0.4) is 0 Å².